The van der Waals surface area contributed by atoms with Crippen LogP contribution >= 0.6 is 23.2 Å². The van der Waals surface area contributed by atoms with Crippen molar-refractivity contribution in [3.8, 4) is 5.75 Å². The van der Waals surface area contributed by atoms with Gasteiger partial charge in [0.05, 0.1) is 31.6 Å². The molecule has 0 aliphatic carbocycles. The predicted molar refractivity (Wildman–Crippen MR) is 137 cm³/mol. The molecule has 3 aromatic carbocycles. The summed E-state index contributed by atoms with van der Waals surface area (Å²) in [5.74, 6) is 0.489. The number of carbonyl (C=O) groups is 1. The van der Waals surface area contributed by atoms with Crippen LogP contribution in [0.3, 0.4) is 0 Å². The van der Waals surface area contributed by atoms with Gasteiger partial charge in [-0.3, -0.25) is 9.10 Å². The molecule has 0 aliphatic heterocycles. The van der Waals surface area contributed by atoms with E-state index in [1.165, 1.54) is 4.31 Å². The van der Waals surface area contributed by atoms with Crippen LogP contribution in [0.5, 0.6) is 5.75 Å². The molecule has 0 radical (unpaired) electrons. The largest absolute Gasteiger partial charge is 0.497 e. The van der Waals surface area contributed by atoms with Crippen LogP contribution in [0.4, 0.5) is 5.69 Å². The second-order valence-corrected chi connectivity index (χ2v) is 10.4. The molecule has 0 heterocycles. The molecule has 3 rings (SSSR count). The third kappa shape index (κ3) is 6.23. The molecule has 0 aliphatic rings. The number of nitrogens with one attached hydrogen (secondary N) is 1. The van der Waals surface area contributed by atoms with Gasteiger partial charge in [0.25, 0.3) is 5.91 Å². The Morgan fingerprint density at radius 3 is 2.09 bits per heavy atom. The van der Waals surface area contributed by atoms with Gasteiger partial charge in [0.1, 0.15) is 5.75 Å². The first-order valence-electron chi connectivity index (χ1n) is 10.6. The second-order valence-electron chi connectivity index (χ2n) is 7.72. The fraction of sp³-hybridized carbons (Fsp3) is 0.240. The minimum atomic E-state index is -3.64. The number of anilines is 1. The number of halogens is 2. The van der Waals surface area contributed by atoms with E-state index < -0.39 is 10.0 Å². The SMILES string of the molecule is CC[C@H](NC(=O)c1ccc(N(Cc2c(Cl)cccc2Cl)S(C)(=O)=O)cc1)c1ccc(OC)cc1. The molecule has 3 aromatic rings. The Kier molecular flexibility index (Phi) is 8.47. The van der Waals surface area contributed by atoms with E-state index in [-0.39, 0.29) is 18.5 Å². The maximum atomic E-state index is 12.9. The second kappa shape index (κ2) is 11.1. The minimum Gasteiger partial charge on any atom is -0.497 e. The first kappa shape index (κ1) is 25.9. The van der Waals surface area contributed by atoms with Crippen molar-refractivity contribution in [3.05, 3.63) is 93.5 Å². The highest BCUT2D eigenvalue weighted by molar-refractivity contribution is 7.92. The summed E-state index contributed by atoms with van der Waals surface area (Å²) < 4.78 is 31.4. The number of methoxy groups -OCH3 is 1. The molecule has 1 atom stereocenters. The number of carbonyl (C=O) groups excluding carboxylic acids is 1. The summed E-state index contributed by atoms with van der Waals surface area (Å²) in [6, 6.07) is 18.7. The van der Waals surface area contributed by atoms with Crippen molar-refractivity contribution in [2.24, 2.45) is 0 Å². The lowest BCUT2D eigenvalue weighted by Crippen LogP contribution is -2.30. The van der Waals surface area contributed by atoms with Gasteiger partial charge < -0.3 is 10.1 Å². The summed E-state index contributed by atoms with van der Waals surface area (Å²) in [7, 11) is -2.04. The third-order valence-electron chi connectivity index (χ3n) is 5.41. The standard InChI is InChI=1S/C25H26Cl2N2O4S/c1-4-24(17-10-14-20(33-2)15-11-17)28-25(30)18-8-12-19(13-9-18)29(34(3,31)32)16-21-22(26)6-5-7-23(21)27/h5-15,24H,4,16H2,1-3H3,(H,28,30)/t24-/m0/s1. The molecular weight excluding hydrogens is 495 g/mol. The van der Waals surface area contributed by atoms with Crippen LogP contribution in [0.2, 0.25) is 10.0 Å². The molecule has 1 N–H and O–H groups in total. The molecule has 0 fully saturated rings. The van der Waals surface area contributed by atoms with E-state index in [0.29, 0.717) is 33.3 Å². The molecule has 34 heavy (non-hydrogen) atoms. The molecule has 6 nitrogen and oxygen atoms in total. The smallest absolute Gasteiger partial charge is 0.251 e. The Morgan fingerprint density at radius 1 is 1.00 bits per heavy atom. The van der Waals surface area contributed by atoms with Gasteiger partial charge in [-0.15, -0.1) is 0 Å². The van der Waals surface area contributed by atoms with E-state index in [1.54, 1.807) is 49.6 Å². The molecule has 0 aromatic heterocycles. The zero-order valence-electron chi connectivity index (χ0n) is 19.1. The van der Waals surface area contributed by atoms with Crippen LogP contribution in [0.1, 0.15) is 40.9 Å². The normalized spacial score (nSPS) is 12.1. The van der Waals surface area contributed by atoms with Gasteiger partial charge in [-0.25, -0.2) is 8.42 Å². The van der Waals surface area contributed by atoms with Gasteiger partial charge >= 0.3 is 0 Å². The molecule has 0 saturated heterocycles. The van der Waals surface area contributed by atoms with Crippen LogP contribution < -0.4 is 14.4 Å². The Hall–Kier alpha value is -2.74. The Bertz CT molecular complexity index is 1230. The number of sulfonamides is 1. The van der Waals surface area contributed by atoms with Crippen molar-refractivity contribution in [1.29, 1.82) is 0 Å². The summed E-state index contributed by atoms with van der Waals surface area (Å²) in [5, 5.41) is 3.78. The van der Waals surface area contributed by atoms with E-state index in [1.807, 2.05) is 31.2 Å². The summed E-state index contributed by atoms with van der Waals surface area (Å²) in [6.07, 6.45) is 1.82. The lowest BCUT2D eigenvalue weighted by Gasteiger charge is -2.24. The summed E-state index contributed by atoms with van der Waals surface area (Å²) >= 11 is 12.5. The zero-order valence-corrected chi connectivity index (χ0v) is 21.4. The number of ether oxygens (including phenoxy) is 1. The van der Waals surface area contributed by atoms with E-state index in [4.69, 9.17) is 27.9 Å². The number of nitrogens with zero attached hydrogens (tertiary/aromatic N) is 1. The van der Waals surface area contributed by atoms with Crippen LogP contribution in [0.15, 0.2) is 66.7 Å². The van der Waals surface area contributed by atoms with Crippen molar-refractivity contribution in [2.45, 2.75) is 25.9 Å². The monoisotopic (exact) mass is 520 g/mol. The zero-order chi connectivity index (χ0) is 24.9. The highest BCUT2D eigenvalue weighted by Gasteiger charge is 2.21. The van der Waals surface area contributed by atoms with Crippen molar-refractivity contribution >= 4 is 44.8 Å². The third-order valence-corrected chi connectivity index (χ3v) is 7.26. The summed E-state index contributed by atoms with van der Waals surface area (Å²) in [4.78, 5) is 12.9. The fourth-order valence-electron chi connectivity index (χ4n) is 3.50. The molecule has 9 heteroatoms. The molecule has 0 unspecified atom stereocenters. The first-order valence-corrected chi connectivity index (χ1v) is 13.2. The highest BCUT2D eigenvalue weighted by Crippen LogP contribution is 2.29. The van der Waals surface area contributed by atoms with Gasteiger partial charge in [0, 0.05) is 21.2 Å². The number of benzene rings is 3. The molecule has 1 amide bonds. The maximum Gasteiger partial charge on any atom is 0.251 e. The summed E-state index contributed by atoms with van der Waals surface area (Å²) in [5.41, 5.74) is 2.29. The quantitative estimate of drug-likeness (QED) is 0.383. The minimum absolute atomic E-state index is 0.0295. The topological polar surface area (TPSA) is 75.7 Å². The lowest BCUT2D eigenvalue weighted by molar-refractivity contribution is 0.0935. The van der Waals surface area contributed by atoms with Crippen molar-refractivity contribution in [3.63, 3.8) is 0 Å². The Labute approximate surface area is 210 Å². The van der Waals surface area contributed by atoms with Crippen LogP contribution in [-0.2, 0) is 16.6 Å². The summed E-state index contributed by atoms with van der Waals surface area (Å²) in [6.45, 7) is 1.96. The maximum absolute atomic E-state index is 12.9. The molecule has 0 saturated carbocycles. The van der Waals surface area contributed by atoms with Crippen LogP contribution in [-0.4, -0.2) is 27.7 Å². The Morgan fingerprint density at radius 2 is 1.59 bits per heavy atom. The van der Waals surface area contributed by atoms with Crippen LogP contribution in [0.25, 0.3) is 0 Å². The van der Waals surface area contributed by atoms with Gasteiger partial charge in [0.15, 0.2) is 0 Å². The van der Waals surface area contributed by atoms with Crippen molar-refractivity contribution < 1.29 is 17.9 Å². The fourth-order valence-corrected chi connectivity index (χ4v) is 4.89. The van der Waals surface area contributed by atoms with E-state index in [0.717, 1.165) is 17.6 Å². The van der Waals surface area contributed by atoms with Gasteiger partial charge in [-0.2, -0.15) is 0 Å². The van der Waals surface area contributed by atoms with Crippen molar-refractivity contribution in [2.75, 3.05) is 17.7 Å². The number of amides is 1. The van der Waals surface area contributed by atoms with E-state index in [2.05, 4.69) is 5.32 Å². The highest BCUT2D eigenvalue weighted by atomic mass is 35.5. The average molecular weight is 521 g/mol. The van der Waals surface area contributed by atoms with Gasteiger partial charge in [-0.05, 0) is 60.5 Å². The number of hydrogen-bond donors (Lipinski definition) is 1. The van der Waals surface area contributed by atoms with Crippen molar-refractivity contribution in [1.82, 2.24) is 5.32 Å². The lowest BCUT2D eigenvalue weighted by atomic mass is 10.0. The van der Waals surface area contributed by atoms with E-state index in [9.17, 15) is 13.2 Å². The first-order chi connectivity index (χ1) is 16.1. The van der Waals surface area contributed by atoms with Crippen LogP contribution in [0, 0.1) is 0 Å². The van der Waals surface area contributed by atoms with Gasteiger partial charge in [0.2, 0.25) is 10.0 Å². The average Bonchev–Trinajstić information content (AvgIpc) is 2.81. The Balaban J connectivity index is 1.80. The number of rotatable bonds is 9. The molecule has 180 valence electrons. The molecular formula is C25H26Cl2N2O4S. The predicted octanol–water partition coefficient (Wildman–Crippen LogP) is 5.85. The molecule has 0 bridgehead atoms. The van der Waals surface area contributed by atoms with Gasteiger partial charge in [-0.1, -0.05) is 48.3 Å². The molecule has 0 spiro atoms. The van der Waals surface area contributed by atoms with E-state index >= 15 is 0 Å². The number of hydrogen-bond acceptors (Lipinski definition) is 4.